The maximum atomic E-state index is 13.0. The Morgan fingerprint density at radius 1 is 1.29 bits per heavy atom. The Balaban J connectivity index is 0.00000256. The number of hydrogen-bond acceptors (Lipinski definition) is 1. The van der Waals surface area contributed by atoms with Crippen molar-refractivity contribution >= 4 is 12.4 Å². The molecule has 0 aliphatic carbocycles. The molecule has 96 valence electrons. The number of halogens is 5. The number of rotatable bonds is 3. The fourth-order valence-corrected chi connectivity index (χ4v) is 1.31. The molecule has 0 bridgehead atoms. The molecule has 0 saturated carbocycles. The minimum absolute atomic E-state index is 0. The fourth-order valence-electron chi connectivity index (χ4n) is 1.31. The van der Waals surface area contributed by atoms with Crippen LogP contribution in [0.4, 0.5) is 17.6 Å². The molecular weight excluding hydrogens is 258 g/mol. The number of benzene rings is 1. The fraction of sp³-hybridized carbons (Fsp3) is 0.273. The van der Waals surface area contributed by atoms with Gasteiger partial charge in [-0.25, -0.2) is 4.39 Å². The summed E-state index contributed by atoms with van der Waals surface area (Å²) in [6.07, 6.45) is -2.80. The van der Waals surface area contributed by atoms with Crippen molar-refractivity contribution in [1.82, 2.24) is 0 Å². The molecule has 0 radical (unpaired) electrons. The molecule has 0 heterocycles. The minimum Gasteiger partial charge on any atom is -0.324 e. The molecule has 1 nitrogen and oxygen atoms in total. The maximum Gasteiger partial charge on any atom is 0.416 e. The van der Waals surface area contributed by atoms with Crippen molar-refractivity contribution in [2.45, 2.75) is 18.6 Å². The van der Waals surface area contributed by atoms with Crippen molar-refractivity contribution in [1.29, 1.82) is 0 Å². The first-order valence-corrected chi connectivity index (χ1v) is 4.58. The van der Waals surface area contributed by atoms with E-state index in [-0.39, 0.29) is 18.0 Å². The molecule has 0 aliphatic rings. The molecule has 0 aromatic heterocycles. The summed E-state index contributed by atoms with van der Waals surface area (Å²) in [6, 6.07) is 1.64. The molecule has 0 saturated heterocycles. The molecule has 17 heavy (non-hydrogen) atoms. The Labute approximate surface area is 103 Å². The van der Waals surface area contributed by atoms with Gasteiger partial charge in [0.15, 0.2) is 0 Å². The van der Waals surface area contributed by atoms with Gasteiger partial charge in [0.2, 0.25) is 0 Å². The average molecular weight is 270 g/mol. The average Bonchev–Trinajstić information content (AvgIpc) is 2.16. The van der Waals surface area contributed by atoms with E-state index in [4.69, 9.17) is 5.73 Å². The molecule has 1 aromatic carbocycles. The third-order valence-electron chi connectivity index (χ3n) is 2.10. The van der Waals surface area contributed by atoms with Crippen LogP contribution in [0.1, 0.15) is 23.6 Å². The summed E-state index contributed by atoms with van der Waals surface area (Å²) in [6.45, 7) is 3.42. The van der Waals surface area contributed by atoms with E-state index < -0.39 is 23.6 Å². The Bertz CT molecular complexity index is 390. The first-order chi connectivity index (χ1) is 7.34. The highest BCUT2D eigenvalue weighted by Gasteiger charge is 2.31. The van der Waals surface area contributed by atoms with Gasteiger partial charge in [-0.05, 0) is 30.2 Å². The Kier molecular flexibility index (Phi) is 5.64. The van der Waals surface area contributed by atoms with Gasteiger partial charge in [-0.1, -0.05) is 6.08 Å². The lowest BCUT2D eigenvalue weighted by Crippen LogP contribution is -2.12. The molecule has 0 spiro atoms. The molecule has 1 aromatic rings. The number of hydrogen-bond donors (Lipinski definition) is 1. The van der Waals surface area contributed by atoms with E-state index in [1.807, 2.05) is 0 Å². The second kappa shape index (κ2) is 6.02. The van der Waals surface area contributed by atoms with Crippen LogP contribution < -0.4 is 5.73 Å². The number of alkyl halides is 3. The monoisotopic (exact) mass is 269 g/mol. The third kappa shape index (κ3) is 4.36. The van der Waals surface area contributed by atoms with Crippen molar-refractivity contribution < 1.29 is 17.6 Å². The van der Waals surface area contributed by atoms with E-state index in [1.165, 1.54) is 6.08 Å². The van der Waals surface area contributed by atoms with Gasteiger partial charge in [-0.3, -0.25) is 0 Å². The van der Waals surface area contributed by atoms with Gasteiger partial charge in [-0.2, -0.15) is 13.2 Å². The second-order valence-electron chi connectivity index (χ2n) is 3.40. The van der Waals surface area contributed by atoms with E-state index in [1.54, 1.807) is 0 Å². The van der Waals surface area contributed by atoms with Crippen LogP contribution in [0, 0.1) is 5.82 Å². The lowest BCUT2D eigenvalue weighted by molar-refractivity contribution is -0.137. The van der Waals surface area contributed by atoms with Crippen LogP contribution in [0.2, 0.25) is 0 Å². The van der Waals surface area contributed by atoms with E-state index in [9.17, 15) is 17.6 Å². The van der Waals surface area contributed by atoms with Crippen LogP contribution in [-0.2, 0) is 6.18 Å². The first kappa shape index (κ1) is 15.9. The van der Waals surface area contributed by atoms with E-state index in [2.05, 4.69) is 6.58 Å². The summed E-state index contributed by atoms with van der Waals surface area (Å²) in [4.78, 5) is 0. The summed E-state index contributed by atoms with van der Waals surface area (Å²) in [5, 5.41) is 0. The molecular formula is C11H12ClF4N. The van der Waals surface area contributed by atoms with Gasteiger partial charge in [0.25, 0.3) is 0 Å². The highest BCUT2D eigenvalue weighted by atomic mass is 35.5. The lowest BCUT2D eigenvalue weighted by atomic mass is 10.0. The second-order valence-corrected chi connectivity index (χ2v) is 3.40. The number of nitrogens with two attached hydrogens (primary N) is 1. The van der Waals surface area contributed by atoms with Crippen molar-refractivity contribution in [2.24, 2.45) is 5.73 Å². The van der Waals surface area contributed by atoms with E-state index in [0.717, 1.165) is 12.1 Å². The van der Waals surface area contributed by atoms with Crippen molar-refractivity contribution in [2.75, 3.05) is 0 Å². The zero-order valence-electron chi connectivity index (χ0n) is 8.80. The van der Waals surface area contributed by atoms with Crippen LogP contribution in [0.3, 0.4) is 0 Å². The Hall–Kier alpha value is -1.07. The highest BCUT2D eigenvalue weighted by molar-refractivity contribution is 5.85. The summed E-state index contributed by atoms with van der Waals surface area (Å²) in [5.74, 6) is -0.940. The largest absolute Gasteiger partial charge is 0.416 e. The van der Waals surface area contributed by atoms with Crippen LogP contribution in [0.25, 0.3) is 0 Å². The molecule has 1 rings (SSSR count). The summed E-state index contributed by atoms with van der Waals surface area (Å²) < 4.78 is 50.1. The lowest BCUT2D eigenvalue weighted by Gasteiger charge is -2.13. The van der Waals surface area contributed by atoms with Crippen molar-refractivity contribution in [3.8, 4) is 0 Å². The van der Waals surface area contributed by atoms with Crippen molar-refractivity contribution in [3.05, 3.63) is 47.8 Å². The summed E-state index contributed by atoms with van der Waals surface area (Å²) in [5.41, 5.74) is 4.67. The minimum atomic E-state index is -4.56. The van der Waals surface area contributed by atoms with E-state index >= 15 is 0 Å². The van der Waals surface area contributed by atoms with Gasteiger partial charge < -0.3 is 5.73 Å². The summed E-state index contributed by atoms with van der Waals surface area (Å²) >= 11 is 0. The zero-order chi connectivity index (χ0) is 12.3. The van der Waals surface area contributed by atoms with Crippen LogP contribution in [0.15, 0.2) is 30.9 Å². The molecule has 6 heteroatoms. The molecule has 0 amide bonds. The topological polar surface area (TPSA) is 26.0 Å². The quantitative estimate of drug-likeness (QED) is 0.655. The molecule has 0 aliphatic heterocycles. The van der Waals surface area contributed by atoms with Gasteiger partial charge in [0, 0.05) is 6.04 Å². The molecule has 2 N–H and O–H groups in total. The van der Waals surface area contributed by atoms with Crippen LogP contribution >= 0.6 is 12.4 Å². The SMILES string of the molecule is C=CC[C@H](N)c1cc(F)cc(C(F)(F)F)c1.Cl. The van der Waals surface area contributed by atoms with Crippen LogP contribution in [-0.4, -0.2) is 0 Å². The summed E-state index contributed by atoms with van der Waals surface area (Å²) in [7, 11) is 0. The predicted octanol–water partition coefficient (Wildman–Crippen LogP) is 3.84. The smallest absolute Gasteiger partial charge is 0.324 e. The molecule has 0 unspecified atom stereocenters. The van der Waals surface area contributed by atoms with Gasteiger partial charge in [-0.15, -0.1) is 19.0 Å². The standard InChI is InChI=1S/C11H11F4N.ClH/c1-2-3-10(16)7-4-8(11(13,14)15)6-9(12)5-7;/h2,4-6,10H,1,3,16H2;1H/t10-;/m0./s1. The van der Waals surface area contributed by atoms with Gasteiger partial charge in [0.05, 0.1) is 5.56 Å². The highest BCUT2D eigenvalue weighted by Crippen LogP contribution is 2.31. The predicted molar refractivity (Wildman–Crippen MR) is 60.4 cm³/mol. The van der Waals surface area contributed by atoms with Crippen molar-refractivity contribution in [3.63, 3.8) is 0 Å². The van der Waals surface area contributed by atoms with Crippen LogP contribution in [0.5, 0.6) is 0 Å². The molecule has 0 fully saturated rings. The maximum absolute atomic E-state index is 13.0. The Morgan fingerprint density at radius 3 is 2.35 bits per heavy atom. The first-order valence-electron chi connectivity index (χ1n) is 4.58. The Morgan fingerprint density at radius 2 is 1.88 bits per heavy atom. The normalized spacial score (nSPS) is 12.8. The molecule has 1 atom stereocenters. The third-order valence-corrected chi connectivity index (χ3v) is 2.10. The zero-order valence-corrected chi connectivity index (χ0v) is 9.61. The van der Waals surface area contributed by atoms with Gasteiger partial charge >= 0.3 is 6.18 Å². The van der Waals surface area contributed by atoms with E-state index in [0.29, 0.717) is 12.5 Å². The van der Waals surface area contributed by atoms with Gasteiger partial charge in [0.1, 0.15) is 5.82 Å².